The molecule has 2 N–H and O–H groups in total. The molecule has 0 saturated carbocycles. The molecule has 2 amide bonds. The molecule has 0 aromatic carbocycles. The van der Waals surface area contributed by atoms with E-state index in [1.54, 1.807) is 48.5 Å². The van der Waals surface area contributed by atoms with Crippen LogP contribution in [0.4, 0.5) is 9.59 Å². The monoisotopic (exact) mass is 315 g/mol. The number of hydrogen-bond acceptors (Lipinski definition) is 5. The second-order valence-electron chi connectivity index (χ2n) is 7.08. The zero-order valence-electron chi connectivity index (χ0n) is 14.9. The van der Waals surface area contributed by atoms with Gasteiger partial charge in [-0.05, 0) is 54.9 Å². The lowest BCUT2D eigenvalue weighted by Crippen LogP contribution is -2.52. The maximum absolute atomic E-state index is 12.2. The van der Waals surface area contributed by atoms with Crippen molar-refractivity contribution in [3.8, 4) is 0 Å². The van der Waals surface area contributed by atoms with Gasteiger partial charge in [0.15, 0.2) is 0 Å². The molecule has 0 saturated heterocycles. The van der Waals surface area contributed by atoms with Crippen LogP contribution >= 0.6 is 0 Å². The van der Waals surface area contributed by atoms with Crippen molar-refractivity contribution >= 4 is 18.1 Å². The first kappa shape index (κ1) is 20.2. The highest BCUT2D eigenvalue weighted by molar-refractivity contribution is 6.00. The minimum atomic E-state index is -0.783. The highest BCUT2D eigenvalue weighted by atomic mass is 16.6. The average molecular weight is 315 g/mol. The van der Waals surface area contributed by atoms with Gasteiger partial charge < -0.3 is 9.47 Å². The first-order valence-electron chi connectivity index (χ1n) is 7.37. The van der Waals surface area contributed by atoms with E-state index in [2.05, 4.69) is 5.32 Å². The minimum Gasteiger partial charge on any atom is -0.444 e. The predicted octanol–water partition coefficient (Wildman–Crippen LogP) is 3.48. The van der Waals surface area contributed by atoms with Crippen LogP contribution in [0, 0.1) is 5.41 Å². The normalized spacial score (nSPS) is 13.1. The van der Waals surface area contributed by atoms with E-state index in [0.717, 1.165) is 4.90 Å². The molecule has 0 aromatic heterocycles. The van der Waals surface area contributed by atoms with Gasteiger partial charge in [-0.1, -0.05) is 6.92 Å². The third kappa shape index (κ3) is 7.85. The lowest BCUT2D eigenvalue weighted by molar-refractivity contribution is 0.0306. The van der Waals surface area contributed by atoms with Crippen molar-refractivity contribution in [1.29, 1.82) is 5.41 Å². The second kappa shape index (κ2) is 7.47. The molecule has 0 radical (unpaired) electrons. The number of hydrogen-bond donors (Lipinski definition) is 2. The van der Waals surface area contributed by atoms with Crippen LogP contribution in [-0.4, -0.2) is 40.3 Å². The highest BCUT2D eigenvalue weighted by Gasteiger charge is 2.30. The third-order valence-electron chi connectivity index (χ3n) is 2.48. The maximum atomic E-state index is 12.2. The van der Waals surface area contributed by atoms with Gasteiger partial charge in [-0.2, -0.15) is 0 Å². The zero-order valence-corrected chi connectivity index (χ0v) is 14.9. The van der Waals surface area contributed by atoms with Crippen molar-refractivity contribution in [3.05, 3.63) is 0 Å². The van der Waals surface area contributed by atoms with Gasteiger partial charge in [0, 0.05) is 6.04 Å². The molecular formula is C15H29N3O4. The first-order chi connectivity index (χ1) is 9.76. The van der Waals surface area contributed by atoms with Crippen molar-refractivity contribution in [3.63, 3.8) is 0 Å². The predicted molar refractivity (Wildman–Crippen MR) is 84.9 cm³/mol. The molecule has 0 rings (SSSR count). The minimum absolute atomic E-state index is 0.294. The Hall–Kier alpha value is -1.79. The molecule has 7 nitrogen and oxygen atoms in total. The van der Waals surface area contributed by atoms with E-state index in [4.69, 9.17) is 14.9 Å². The van der Waals surface area contributed by atoms with Crippen LogP contribution in [0.25, 0.3) is 0 Å². The molecule has 0 bridgehead atoms. The summed E-state index contributed by atoms with van der Waals surface area (Å²) < 4.78 is 10.4. The van der Waals surface area contributed by atoms with E-state index >= 15 is 0 Å². The Labute approximate surface area is 132 Å². The van der Waals surface area contributed by atoms with Crippen molar-refractivity contribution in [2.75, 3.05) is 0 Å². The molecule has 0 aliphatic carbocycles. The SMILES string of the molecule is CCC(C)N(C(=N)NC(=O)OC(C)(C)C)C(=O)OC(C)(C)C. The van der Waals surface area contributed by atoms with E-state index in [-0.39, 0.29) is 12.0 Å². The van der Waals surface area contributed by atoms with Crippen molar-refractivity contribution in [2.24, 2.45) is 0 Å². The van der Waals surface area contributed by atoms with Gasteiger partial charge in [-0.15, -0.1) is 0 Å². The highest BCUT2D eigenvalue weighted by Crippen LogP contribution is 2.14. The Balaban J connectivity index is 5.01. The molecule has 0 aliphatic heterocycles. The summed E-state index contributed by atoms with van der Waals surface area (Å²) in [4.78, 5) is 25.1. The lowest BCUT2D eigenvalue weighted by atomic mass is 10.2. The molecule has 1 atom stereocenters. The number of alkyl carbamates (subject to hydrolysis) is 1. The van der Waals surface area contributed by atoms with Crippen LogP contribution in [0.3, 0.4) is 0 Å². The van der Waals surface area contributed by atoms with Gasteiger partial charge in [0.05, 0.1) is 0 Å². The van der Waals surface area contributed by atoms with Crippen LogP contribution in [-0.2, 0) is 9.47 Å². The number of ether oxygens (including phenoxy) is 2. The molecule has 128 valence electrons. The standard InChI is InChI=1S/C15H29N3O4/c1-9-10(2)18(13(20)22-15(6,7)8)11(16)17-12(19)21-14(3,4)5/h10H,9H2,1-8H3,(H2,16,17,19). The summed E-state index contributed by atoms with van der Waals surface area (Å²) in [5.41, 5.74) is -1.37. The first-order valence-corrected chi connectivity index (χ1v) is 7.37. The van der Waals surface area contributed by atoms with E-state index < -0.39 is 23.4 Å². The number of rotatable bonds is 2. The molecule has 0 fully saturated rings. The van der Waals surface area contributed by atoms with Gasteiger partial charge in [0.1, 0.15) is 11.2 Å². The Kier molecular flexibility index (Phi) is 6.86. The van der Waals surface area contributed by atoms with Crippen LogP contribution in [0.5, 0.6) is 0 Å². The van der Waals surface area contributed by atoms with E-state index in [9.17, 15) is 9.59 Å². The summed E-state index contributed by atoms with van der Waals surface area (Å²) in [6.07, 6.45) is -0.852. The van der Waals surface area contributed by atoms with Gasteiger partial charge in [-0.25, -0.2) is 14.5 Å². The van der Waals surface area contributed by atoms with E-state index in [1.807, 2.05) is 6.92 Å². The van der Waals surface area contributed by atoms with Gasteiger partial charge in [0.2, 0.25) is 5.96 Å². The maximum Gasteiger partial charge on any atom is 0.417 e. The molecule has 22 heavy (non-hydrogen) atoms. The van der Waals surface area contributed by atoms with Crippen molar-refractivity contribution in [2.45, 2.75) is 79.1 Å². The van der Waals surface area contributed by atoms with Crippen LogP contribution in [0.2, 0.25) is 0 Å². The van der Waals surface area contributed by atoms with Crippen LogP contribution in [0.1, 0.15) is 61.8 Å². The molecule has 1 unspecified atom stereocenters. The number of amides is 2. The van der Waals surface area contributed by atoms with Crippen molar-refractivity contribution in [1.82, 2.24) is 10.2 Å². The number of nitrogens with zero attached hydrogens (tertiary/aromatic N) is 1. The average Bonchev–Trinajstić information content (AvgIpc) is 2.22. The number of guanidine groups is 1. The van der Waals surface area contributed by atoms with Gasteiger partial charge >= 0.3 is 12.2 Å². The Morgan fingerprint density at radius 3 is 1.91 bits per heavy atom. The molecule has 0 spiro atoms. The molecule has 0 heterocycles. The van der Waals surface area contributed by atoms with E-state index in [1.165, 1.54) is 0 Å². The topological polar surface area (TPSA) is 91.7 Å². The number of carbonyl (C=O) groups is 2. The fraction of sp³-hybridized carbons (Fsp3) is 0.800. The quantitative estimate of drug-likeness (QED) is 0.603. The van der Waals surface area contributed by atoms with E-state index in [0.29, 0.717) is 6.42 Å². The Morgan fingerprint density at radius 1 is 1.09 bits per heavy atom. The molecule has 7 heteroatoms. The Bertz CT molecular complexity index is 421. The third-order valence-corrected chi connectivity index (χ3v) is 2.48. The summed E-state index contributed by atoms with van der Waals surface area (Å²) in [5.74, 6) is -0.363. The lowest BCUT2D eigenvalue weighted by Gasteiger charge is -2.31. The fourth-order valence-corrected chi connectivity index (χ4v) is 1.45. The fourth-order valence-electron chi connectivity index (χ4n) is 1.45. The van der Waals surface area contributed by atoms with Crippen molar-refractivity contribution < 1.29 is 19.1 Å². The summed E-state index contributed by atoms with van der Waals surface area (Å²) >= 11 is 0. The summed E-state index contributed by atoms with van der Waals surface area (Å²) in [5, 5.41) is 10.2. The number of carbonyl (C=O) groups excluding carboxylic acids is 2. The van der Waals surface area contributed by atoms with Gasteiger partial charge in [-0.3, -0.25) is 10.7 Å². The molecular weight excluding hydrogens is 286 g/mol. The smallest absolute Gasteiger partial charge is 0.417 e. The van der Waals surface area contributed by atoms with Crippen LogP contribution in [0.15, 0.2) is 0 Å². The van der Waals surface area contributed by atoms with Gasteiger partial charge in [0.25, 0.3) is 0 Å². The largest absolute Gasteiger partial charge is 0.444 e. The molecule has 0 aromatic rings. The molecule has 0 aliphatic rings. The van der Waals surface area contributed by atoms with Crippen LogP contribution < -0.4 is 5.32 Å². The summed E-state index contributed by atoms with van der Waals surface area (Å²) in [6.45, 7) is 14.0. The summed E-state index contributed by atoms with van der Waals surface area (Å²) in [7, 11) is 0. The zero-order chi connectivity index (χ0) is 17.7. The second-order valence-corrected chi connectivity index (χ2v) is 7.08. The number of nitrogens with one attached hydrogen (secondary N) is 2. The Morgan fingerprint density at radius 2 is 1.55 bits per heavy atom. The summed E-state index contributed by atoms with van der Waals surface area (Å²) in [6, 6.07) is -0.294.